The fraction of sp³-hybridized carbons (Fsp3) is 0.393. The van der Waals surface area contributed by atoms with E-state index in [1.54, 1.807) is 18.4 Å². The Bertz CT molecular complexity index is 1490. The van der Waals surface area contributed by atoms with Crippen LogP contribution in [-0.4, -0.2) is 62.8 Å². The van der Waals surface area contributed by atoms with Gasteiger partial charge in [-0.05, 0) is 37.8 Å². The molecule has 1 aromatic carbocycles. The van der Waals surface area contributed by atoms with E-state index < -0.39 is 5.54 Å². The molecule has 0 unspecified atom stereocenters. The second kappa shape index (κ2) is 9.59. The number of aryl methyl sites for hydroxylation is 1. The van der Waals surface area contributed by atoms with Crippen LogP contribution in [0.3, 0.4) is 0 Å². The van der Waals surface area contributed by atoms with Crippen LogP contribution in [0.25, 0.3) is 28.1 Å². The predicted molar refractivity (Wildman–Crippen MR) is 145 cm³/mol. The minimum Gasteiger partial charge on any atom is -0.496 e. The van der Waals surface area contributed by atoms with Gasteiger partial charge in [-0.2, -0.15) is 21.5 Å². The highest BCUT2D eigenvalue weighted by Gasteiger charge is 2.39. The number of aromatic nitrogens is 4. The molecule has 0 spiro atoms. The standard InChI is InChI=1S/C28H31N5O4S/c1-5-7-31-14-18(13-29-31)20-11-21-24(12-23(20)35-4)37-15-22-25(27(34)32-8-9-36-17-28(32,2)3)30-33(26(21)22)19-6-10-38-16-19/h6,10-14,16H,5,7-9,15,17H2,1-4H3. The Morgan fingerprint density at radius 2 is 2.13 bits per heavy atom. The molecule has 198 valence electrons. The topological polar surface area (TPSA) is 83.6 Å². The number of methoxy groups -OCH3 is 1. The van der Waals surface area contributed by atoms with Gasteiger partial charge in [-0.15, -0.1) is 0 Å². The van der Waals surface area contributed by atoms with Gasteiger partial charge in [-0.1, -0.05) is 6.92 Å². The summed E-state index contributed by atoms with van der Waals surface area (Å²) in [4.78, 5) is 15.8. The molecule has 5 heterocycles. The van der Waals surface area contributed by atoms with E-state index in [9.17, 15) is 4.79 Å². The van der Waals surface area contributed by atoms with Crippen molar-refractivity contribution >= 4 is 17.2 Å². The number of hydrogen-bond acceptors (Lipinski definition) is 7. The number of carbonyl (C=O) groups is 1. The molecule has 3 aromatic heterocycles. The van der Waals surface area contributed by atoms with Crippen molar-refractivity contribution in [2.24, 2.45) is 0 Å². The zero-order valence-corrected chi connectivity index (χ0v) is 22.9. The normalized spacial score (nSPS) is 16.1. The van der Waals surface area contributed by atoms with Crippen LogP contribution in [0.2, 0.25) is 0 Å². The summed E-state index contributed by atoms with van der Waals surface area (Å²) in [5.41, 5.74) is 5.28. The molecule has 4 aromatic rings. The highest BCUT2D eigenvalue weighted by molar-refractivity contribution is 7.08. The molecule has 2 aliphatic rings. The van der Waals surface area contributed by atoms with E-state index in [2.05, 4.69) is 18.1 Å². The van der Waals surface area contributed by atoms with E-state index in [-0.39, 0.29) is 12.5 Å². The van der Waals surface area contributed by atoms with Crippen molar-refractivity contribution in [2.45, 2.75) is 45.9 Å². The van der Waals surface area contributed by atoms with Gasteiger partial charge >= 0.3 is 0 Å². The fourth-order valence-corrected chi connectivity index (χ4v) is 5.84. The summed E-state index contributed by atoms with van der Waals surface area (Å²) in [6, 6.07) is 6.00. The Labute approximate surface area is 225 Å². The van der Waals surface area contributed by atoms with Gasteiger partial charge in [-0.25, -0.2) is 4.68 Å². The first-order valence-electron chi connectivity index (χ1n) is 12.8. The van der Waals surface area contributed by atoms with Gasteiger partial charge in [0.15, 0.2) is 5.69 Å². The lowest BCUT2D eigenvalue weighted by atomic mass is 9.96. The quantitative estimate of drug-likeness (QED) is 0.346. The molecule has 0 aliphatic carbocycles. The monoisotopic (exact) mass is 533 g/mol. The van der Waals surface area contributed by atoms with Crippen LogP contribution in [-0.2, 0) is 17.9 Å². The molecule has 9 nitrogen and oxygen atoms in total. The SMILES string of the molecule is CCCn1cc(-c2cc3c(cc2OC)OCc2c(C(=O)N4CCOCC4(C)C)nn(-c4ccsc4)c2-3)cn1. The number of fused-ring (bicyclic) bond motifs is 3. The number of hydrogen-bond donors (Lipinski definition) is 0. The Morgan fingerprint density at radius 3 is 2.87 bits per heavy atom. The van der Waals surface area contributed by atoms with Crippen molar-refractivity contribution in [3.8, 4) is 39.6 Å². The highest BCUT2D eigenvalue weighted by Crippen LogP contribution is 2.46. The first kappa shape index (κ1) is 24.7. The number of amides is 1. The number of rotatable bonds is 6. The van der Waals surface area contributed by atoms with Crippen LogP contribution in [0.4, 0.5) is 0 Å². The molecule has 0 N–H and O–H groups in total. The molecular weight excluding hydrogens is 502 g/mol. The van der Waals surface area contributed by atoms with Crippen molar-refractivity contribution in [2.75, 3.05) is 26.9 Å². The Balaban J connectivity index is 1.52. The van der Waals surface area contributed by atoms with E-state index in [0.717, 1.165) is 46.6 Å². The maximum Gasteiger partial charge on any atom is 0.275 e. The van der Waals surface area contributed by atoms with Crippen molar-refractivity contribution in [1.82, 2.24) is 24.5 Å². The second-order valence-corrected chi connectivity index (χ2v) is 11.0. The van der Waals surface area contributed by atoms with E-state index in [0.29, 0.717) is 37.0 Å². The van der Waals surface area contributed by atoms with Gasteiger partial charge < -0.3 is 19.1 Å². The molecule has 38 heavy (non-hydrogen) atoms. The molecule has 1 fully saturated rings. The Morgan fingerprint density at radius 1 is 1.26 bits per heavy atom. The van der Waals surface area contributed by atoms with Crippen LogP contribution >= 0.6 is 11.3 Å². The molecular formula is C28H31N5O4S. The van der Waals surface area contributed by atoms with E-state index >= 15 is 0 Å². The van der Waals surface area contributed by atoms with Crippen molar-refractivity contribution in [3.63, 3.8) is 0 Å². The van der Waals surface area contributed by atoms with Crippen LogP contribution < -0.4 is 9.47 Å². The molecule has 1 amide bonds. The highest BCUT2D eigenvalue weighted by atomic mass is 32.1. The Hall–Kier alpha value is -3.63. The predicted octanol–water partition coefficient (Wildman–Crippen LogP) is 5.03. The lowest BCUT2D eigenvalue weighted by Gasteiger charge is -2.41. The first-order chi connectivity index (χ1) is 18.4. The number of carbonyl (C=O) groups excluding carboxylic acids is 1. The molecule has 0 saturated carbocycles. The van der Waals surface area contributed by atoms with E-state index in [4.69, 9.17) is 19.3 Å². The van der Waals surface area contributed by atoms with E-state index in [1.165, 1.54) is 0 Å². The zero-order chi connectivity index (χ0) is 26.4. The van der Waals surface area contributed by atoms with Gasteiger partial charge in [0.25, 0.3) is 5.91 Å². The molecule has 0 atom stereocenters. The van der Waals surface area contributed by atoms with Crippen molar-refractivity contribution in [3.05, 3.63) is 52.6 Å². The van der Waals surface area contributed by atoms with Crippen molar-refractivity contribution in [1.29, 1.82) is 0 Å². The molecule has 0 bridgehead atoms. The first-order valence-corrected chi connectivity index (χ1v) is 13.8. The molecule has 10 heteroatoms. The second-order valence-electron chi connectivity index (χ2n) is 10.2. The minimum atomic E-state index is -0.430. The third-order valence-electron chi connectivity index (χ3n) is 7.15. The summed E-state index contributed by atoms with van der Waals surface area (Å²) < 4.78 is 21.5. The summed E-state index contributed by atoms with van der Waals surface area (Å²) >= 11 is 1.59. The van der Waals surface area contributed by atoms with Crippen molar-refractivity contribution < 1.29 is 19.0 Å². The van der Waals surface area contributed by atoms with Crippen LogP contribution in [0.15, 0.2) is 41.4 Å². The number of thiophene rings is 1. The van der Waals surface area contributed by atoms with Gasteiger partial charge in [0.2, 0.25) is 0 Å². The minimum absolute atomic E-state index is 0.106. The third-order valence-corrected chi connectivity index (χ3v) is 7.82. The lowest BCUT2D eigenvalue weighted by molar-refractivity contribution is -0.0374. The summed E-state index contributed by atoms with van der Waals surface area (Å²) in [5, 5.41) is 13.5. The fourth-order valence-electron chi connectivity index (χ4n) is 5.23. The lowest BCUT2D eigenvalue weighted by Crippen LogP contribution is -2.55. The maximum absolute atomic E-state index is 13.9. The van der Waals surface area contributed by atoms with E-state index in [1.807, 2.05) is 63.4 Å². The molecule has 0 radical (unpaired) electrons. The smallest absolute Gasteiger partial charge is 0.275 e. The average molecular weight is 534 g/mol. The Kier molecular flexibility index (Phi) is 6.23. The van der Waals surface area contributed by atoms with Gasteiger partial charge in [-0.3, -0.25) is 9.48 Å². The van der Waals surface area contributed by atoms with Gasteiger partial charge in [0, 0.05) is 53.0 Å². The maximum atomic E-state index is 13.9. The third kappa shape index (κ3) is 4.08. The van der Waals surface area contributed by atoms with Crippen LogP contribution in [0.5, 0.6) is 11.5 Å². The largest absolute Gasteiger partial charge is 0.496 e. The number of nitrogens with zero attached hydrogens (tertiary/aromatic N) is 5. The molecule has 2 aliphatic heterocycles. The van der Waals surface area contributed by atoms with Gasteiger partial charge in [0.05, 0.1) is 43.4 Å². The number of morpholine rings is 1. The van der Waals surface area contributed by atoms with Crippen LogP contribution in [0, 0.1) is 0 Å². The summed E-state index contributed by atoms with van der Waals surface area (Å²) in [5.74, 6) is 1.29. The summed E-state index contributed by atoms with van der Waals surface area (Å²) in [6.07, 6.45) is 4.89. The average Bonchev–Trinajstić information content (AvgIpc) is 3.67. The summed E-state index contributed by atoms with van der Waals surface area (Å²) in [7, 11) is 1.66. The van der Waals surface area contributed by atoms with Gasteiger partial charge in [0.1, 0.15) is 18.1 Å². The molecule has 1 saturated heterocycles. The zero-order valence-electron chi connectivity index (χ0n) is 22.1. The number of benzene rings is 1. The molecule has 6 rings (SSSR count). The number of ether oxygens (including phenoxy) is 3. The summed E-state index contributed by atoms with van der Waals surface area (Å²) in [6.45, 7) is 8.78. The van der Waals surface area contributed by atoms with Crippen LogP contribution in [0.1, 0.15) is 43.2 Å².